The van der Waals surface area contributed by atoms with E-state index in [9.17, 15) is 0 Å². The first-order valence-electron chi connectivity index (χ1n) is 6.47. The molecule has 0 aromatic carbocycles. The summed E-state index contributed by atoms with van der Waals surface area (Å²) in [5.41, 5.74) is 0. The predicted octanol–water partition coefficient (Wildman–Crippen LogP) is 1.98. The summed E-state index contributed by atoms with van der Waals surface area (Å²) < 4.78 is 5.52. The van der Waals surface area contributed by atoms with E-state index in [1.165, 1.54) is 0 Å². The Bertz CT molecular complexity index is 160. The molecule has 0 radical (unpaired) electrons. The van der Waals surface area contributed by atoms with Crippen LogP contribution in [0.15, 0.2) is 0 Å². The van der Waals surface area contributed by atoms with E-state index < -0.39 is 0 Å². The minimum absolute atomic E-state index is 0.340. The largest absolute Gasteiger partial charge is 0.377 e. The van der Waals surface area contributed by atoms with Gasteiger partial charge in [-0.1, -0.05) is 13.8 Å². The van der Waals surface area contributed by atoms with Crippen LogP contribution in [0.1, 0.15) is 34.6 Å². The fraction of sp³-hybridized carbons (Fsp3) is 1.00. The highest BCUT2D eigenvalue weighted by Gasteiger charge is 2.06. The highest BCUT2D eigenvalue weighted by atomic mass is 16.5. The second-order valence-corrected chi connectivity index (χ2v) is 5.21. The van der Waals surface area contributed by atoms with E-state index in [0.29, 0.717) is 18.1 Å². The second kappa shape index (κ2) is 8.97. The van der Waals surface area contributed by atoms with E-state index >= 15 is 0 Å². The molecule has 0 fully saturated rings. The molecular formula is C13H30N2O. The predicted molar refractivity (Wildman–Crippen MR) is 70.9 cm³/mol. The lowest BCUT2D eigenvalue weighted by molar-refractivity contribution is 0.0639. The number of hydrogen-bond acceptors (Lipinski definition) is 3. The summed E-state index contributed by atoms with van der Waals surface area (Å²) in [5, 5.41) is 3.53. The first-order chi connectivity index (χ1) is 7.43. The van der Waals surface area contributed by atoms with E-state index in [4.69, 9.17) is 4.74 Å². The number of hydrogen-bond donors (Lipinski definition) is 1. The zero-order valence-corrected chi connectivity index (χ0v) is 11.9. The van der Waals surface area contributed by atoms with Crippen LogP contribution in [-0.4, -0.2) is 50.3 Å². The molecule has 0 saturated carbocycles. The molecule has 0 saturated heterocycles. The Labute approximate surface area is 102 Å². The zero-order valence-electron chi connectivity index (χ0n) is 11.9. The van der Waals surface area contributed by atoms with Crippen molar-refractivity contribution >= 4 is 0 Å². The van der Waals surface area contributed by atoms with Crippen molar-refractivity contribution in [2.75, 3.05) is 33.3 Å². The molecule has 0 heterocycles. The Balaban J connectivity index is 3.40. The van der Waals surface area contributed by atoms with E-state index in [-0.39, 0.29) is 0 Å². The first kappa shape index (κ1) is 15.9. The quantitative estimate of drug-likeness (QED) is 0.655. The molecule has 1 unspecified atom stereocenters. The van der Waals surface area contributed by atoms with Crippen molar-refractivity contribution in [2.45, 2.75) is 46.8 Å². The van der Waals surface area contributed by atoms with Gasteiger partial charge in [0, 0.05) is 25.7 Å². The summed E-state index contributed by atoms with van der Waals surface area (Å²) >= 11 is 0. The van der Waals surface area contributed by atoms with Crippen molar-refractivity contribution in [2.24, 2.45) is 5.92 Å². The SMILES string of the molecule is CC(C)OCCN(C)CCNC(C)C(C)C. The summed E-state index contributed by atoms with van der Waals surface area (Å²) in [6.45, 7) is 14.9. The molecule has 3 nitrogen and oxygen atoms in total. The van der Waals surface area contributed by atoms with E-state index in [0.717, 1.165) is 26.2 Å². The smallest absolute Gasteiger partial charge is 0.0596 e. The standard InChI is InChI=1S/C13H30N2O/c1-11(2)13(5)14-7-8-15(6)9-10-16-12(3)4/h11-14H,7-10H2,1-6H3. The molecule has 98 valence electrons. The topological polar surface area (TPSA) is 24.5 Å². The Morgan fingerprint density at radius 1 is 1.06 bits per heavy atom. The number of likely N-dealkylation sites (N-methyl/N-ethyl adjacent to an activating group) is 1. The van der Waals surface area contributed by atoms with Crippen LogP contribution in [0.25, 0.3) is 0 Å². The molecule has 3 heteroatoms. The summed E-state index contributed by atoms with van der Waals surface area (Å²) in [6.07, 6.45) is 0.340. The average molecular weight is 230 g/mol. The van der Waals surface area contributed by atoms with Crippen molar-refractivity contribution in [3.63, 3.8) is 0 Å². The van der Waals surface area contributed by atoms with Crippen LogP contribution in [0.3, 0.4) is 0 Å². The monoisotopic (exact) mass is 230 g/mol. The van der Waals surface area contributed by atoms with Crippen molar-refractivity contribution in [3.8, 4) is 0 Å². The number of nitrogens with zero attached hydrogens (tertiary/aromatic N) is 1. The number of rotatable bonds is 9. The van der Waals surface area contributed by atoms with Crippen molar-refractivity contribution in [1.29, 1.82) is 0 Å². The van der Waals surface area contributed by atoms with Crippen LogP contribution in [0.2, 0.25) is 0 Å². The maximum atomic E-state index is 5.52. The van der Waals surface area contributed by atoms with Crippen LogP contribution >= 0.6 is 0 Å². The van der Waals surface area contributed by atoms with Gasteiger partial charge in [-0.25, -0.2) is 0 Å². The van der Waals surface area contributed by atoms with E-state index in [2.05, 4.69) is 51.9 Å². The Kier molecular flexibility index (Phi) is 8.90. The minimum Gasteiger partial charge on any atom is -0.377 e. The van der Waals surface area contributed by atoms with Crippen molar-refractivity contribution < 1.29 is 4.74 Å². The number of nitrogens with one attached hydrogen (secondary N) is 1. The van der Waals surface area contributed by atoms with Crippen LogP contribution < -0.4 is 5.32 Å². The molecule has 0 aliphatic heterocycles. The van der Waals surface area contributed by atoms with Gasteiger partial charge in [-0.05, 0) is 33.7 Å². The van der Waals surface area contributed by atoms with Gasteiger partial charge < -0.3 is 15.0 Å². The second-order valence-electron chi connectivity index (χ2n) is 5.21. The lowest BCUT2D eigenvalue weighted by Crippen LogP contribution is -2.37. The van der Waals surface area contributed by atoms with Gasteiger partial charge in [0.25, 0.3) is 0 Å². The Morgan fingerprint density at radius 3 is 2.19 bits per heavy atom. The lowest BCUT2D eigenvalue weighted by Gasteiger charge is -2.21. The summed E-state index contributed by atoms with van der Waals surface area (Å²) in [5.74, 6) is 0.703. The third-order valence-electron chi connectivity index (χ3n) is 2.88. The lowest BCUT2D eigenvalue weighted by atomic mass is 10.1. The molecule has 16 heavy (non-hydrogen) atoms. The molecule has 0 aliphatic rings. The molecule has 1 atom stereocenters. The van der Waals surface area contributed by atoms with Crippen LogP contribution in [-0.2, 0) is 4.74 Å². The molecule has 0 aromatic heterocycles. The van der Waals surface area contributed by atoms with Gasteiger partial charge in [0.05, 0.1) is 12.7 Å². The highest BCUT2D eigenvalue weighted by molar-refractivity contribution is 4.65. The fourth-order valence-electron chi connectivity index (χ4n) is 1.27. The third-order valence-corrected chi connectivity index (χ3v) is 2.88. The van der Waals surface area contributed by atoms with Gasteiger partial charge in [0.2, 0.25) is 0 Å². The van der Waals surface area contributed by atoms with Crippen molar-refractivity contribution in [1.82, 2.24) is 10.2 Å². The first-order valence-corrected chi connectivity index (χ1v) is 6.47. The molecule has 0 amide bonds. The summed E-state index contributed by atoms with van der Waals surface area (Å²) in [7, 11) is 2.14. The van der Waals surface area contributed by atoms with E-state index in [1.54, 1.807) is 0 Å². The van der Waals surface area contributed by atoms with E-state index in [1.807, 2.05) is 0 Å². The molecule has 0 aliphatic carbocycles. The Morgan fingerprint density at radius 2 is 1.69 bits per heavy atom. The van der Waals surface area contributed by atoms with Crippen LogP contribution in [0, 0.1) is 5.92 Å². The molecule has 0 aromatic rings. The van der Waals surface area contributed by atoms with Gasteiger partial charge in [-0.2, -0.15) is 0 Å². The summed E-state index contributed by atoms with van der Waals surface area (Å²) in [4.78, 5) is 2.31. The average Bonchev–Trinajstić information content (AvgIpc) is 2.16. The molecule has 0 bridgehead atoms. The minimum atomic E-state index is 0.340. The van der Waals surface area contributed by atoms with Gasteiger partial charge in [-0.15, -0.1) is 0 Å². The molecule has 0 spiro atoms. The van der Waals surface area contributed by atoms with Crippen LogP contribution in [0.5, 0.6) is 0 Å². The molecule has 1 N–H and O–H groups in total. The van der Waals surface area contributed by atoms with Gasteiger partial charge in [0.15, 0.2) is 0 Å². The van der Waals surface area contributed by atoms with Gasteiger partial charge in [-0.3, -0.25) is 0 Å². The van der Waals surface area contributed by atoms with Crippen LogP contribution in [0.4, 0.5) is 0 Å². The maximum Gasteiger partial charge on any atom is 0.0596 e. The molecular weight excluding hydrogens is 200 g/mol. The maximum absolute atomic E-state index is 5.52. The third kappa shape index (κ3) is 9.13. The fourth-order valence-corrected chi connectivity index (χ4v) is 1.27. The van der Waals surface area contributed by atoms with Gasteiger partial charge >= 0.3 is 0 Å². The Hall–Kier alpha value is -0.120. The normalized spacial score (nSPS) is 14.1. The summed E-state index contributed by atoms with van der Waals surface area (Å²) in [6, 6.07) is 0.598. The zero-order chi connectivity index (χ0) is 12.6. The highest BCUT2D eigenvalue weighted by Crippen LogP contribution is 1.98. The van der Waals surface area contributed by atoms with Gasteiger partial charge in [0.1, 0.15) is 0 Å². The van der Waals surface area contributed by atoms with Crippen molar-refractivity contribution in [3.05, 3.63) is 0 Å². The molecule has 0 rings (SSSR count). The number of ether oxygens (including phenoxy) is 1.